The average molecular weight is 384 g/mol. The zero-order chi connectivity index (χ0) is 20.1. The van der Waals surface area contributed by atoms with Crippen LogP contribution in [0.15, 0.2) is 18.2 Å². The third-order valence-electron chi connectivity index (χ3n) is 6.49. The second-order valence-electron chi connectivity index (χ2n) is 8.13. The molecule has 1 saturated carbocycles. The fourth-order valence-corrected chi connectivity index (χ4v) is 4.53. The van der Waals surface area contributed by atoms with Crippen molar-refractivity contribution in [1.29, 1.82) is 0 Å². The quantitative estimate of drug-likeness (QED) is 0.787. The highest BCUT2D eigenvalue weighted by molar-refractivity contribution is 6.22. The highest BCUT2D eigenvalue weighted by Gasteiger charge is 2.59. The van der Waals surface area contributed by atoms with E-state index in [1.54, 1.807) is 17.0 Å². The fraction of sp³-hybridized carbons (Fsp3) is 0.524. The first-order valence-electron chi connectivity index (χ1n) is 9.90. The Kier molecular flexibility index (Phi) is 4.48. The lowest BCUT2D eigenvalue weighted by Crippen LogP contribution is -2.40. The van der Waals surface area contributed by atoms with Crippen molar-refractivity contribution in [1.82, 2.24) is 9.80 Å². The monoisotopic (exact) mass is 384 g/mol. The third-order valence-corrected chi connectivity index (χ3v) is 6.49. The number of rotatable bonds is 5. The summed E-state index contributed by atoms with van der Waals surface area (Å²) in [5.41, 5.74) is 0.924. The molecule has 1 aromatic rings. The smallest absolute Gasteiger partial charge is 0.307 e. The van der Waals surface area contributed by atoms with Gasteiger partial charge in [0.1, 0.15) is 0 Å². The van der Waals surface area contributed by atoms with Crippen LogP contribution < -0.4 is 0 Å². The van der Waals surface area contributed by atoms with Gasteiger partial charge in [0.15, 0.2) is 0 Å². The van der Waals surface area contributed by atoms with Crippen molar-refractivity contribution in [2.24, 2.45) is 11.3 Å². The molecule has 1 spiro atoms. The number of fused-ring (bicyclic) bond motifs is 1. The van der Waals surface area contributed by atoms with Crippen molar-refractivity contribution in [3.63, 3.8) is 0 Å². The van der Waals surface area contributed by atoms with Gasteiger partial charge >= 0.3 is 5.97 Å². The van der Waals surface area contributed by atoms with Crippen LogP contribution in [0.4, 0.5) is 0 Å². The van der Waals surface area contributed by atoms with Crippen molar-refractivity contribution in [3.8, 4) is 0 Å². The minimum Gasteiger partial charge on any atom is -0.481 e. The number of amides is 3. The number of hydrogen-bond donors (Lipinski definition) is 1. The van der Waals surface area contributed by atoms with Crippen LogP contribution in [0.3, 0.4) is 0 Å². The summed E-state index contributed by atoms with van der Waals surface area (Å²) in [5.74, 6) is -1.81. The van der Waals surface area contributed by atoms with Crippen molar-refractivity contribution in [3.05, 3.63) is 34.9 Å². The number of aliphatic carboxylic acids is 1. The topological polar surface area (TPSA) is 95.0 Å². The van der Waals surface area contributed by atoms with Crippen molar-refractivity contribution in [2.75, 3.05) is 19.6 Å². The molecular weight excluding hydrogens is 360 g/mol. The van der Waals surface area contributed by atoms with Crippen LogP contribution in [-0.2, 0) is 4.79 Å². The summed E-state index contributed by atoms with van der Waals surface area (Å²) in [7, 11) is 0. The van der Waals surface area contributed by atoms with Gasteiger partial charge in [-0.05, 0) is 49.3 Å². The van der Waals surface area contributed by atoms with Crippen molar-refractivity contribution >= 4 is 23.7 Å². The molecule has 148 valence electrons. The number of carbonyl (C=O) groups excluding carboxylic acids is 3. The van der Waals surface area contributed by atoms with E-state index in [4.69, 9.17) is 0 Å². The Morgan fingerprint density at radius 1 is 1.14 bits per heavy atom. The largest absolute Gasteiger partial charge is 0.481 e. The van der Waals surface area contributed by atoms with Crippen molar-refractivity contribution < 1.29 is 24.3 Å². The van der Waals surface area contributed by atoms with Gasteiger partial charge in [-0.25, -0.2) is 0 Å². The zero-order valence-corrected chi connectivity index (χ0v) is 15.9. The molecule has 3 amide bonds. The van der Waals surface area contributed by atoms with Gasteiger partial charge in [-0.1, -0.05) is 13.3 Å². The van der Waals surface area contributed by atoms with Crippen LogP contribution in [-0.4, -0.2) is 58.2 Å². The predicted octanol–water partition coefficient (Wildman–Crippen LogP) is 2.41. The Bertz CT molecular complexity index is 870. The van der Waals surface area contributed by atoms with Crippen LogP contribution in [0.25, 0.3) is 0 Å². The maximum atomic E-state index is 12.9. The van der Waals surface area contributed by atoms with E-state index in [0.717, 1.165) is 12.8 Å². The number of likely N-dealkylation sites (tertiary alicyclic amines) is 1. The highest BCUT2D eigenvalue weighted by atomic mass is 16.4. The molecule has 1 atom stereocenters. The molecule has 1 saturated heterocycles. The number of imide groups is 1. The van der Waals surface area contributed by atoms with Gasteiger partial charge in [0, 0.05) is 25.2 Å². The highest BCUT2D eigenvalue weighted by Crippen LogP contribution is 2.59. The summed E-state index contributed by atoms with van der Waals surface area (Å²) in [6.45, 7) is 3.44. The Balaban J connectivity index is 1.46. The van der Waals surface area contributed by atoms with E-state index in [0.29, 0.717) is 55.6 Å². The maximum absolute atomic E-state index is 12.9. The molecule has 7 nitrogen and oxygen atoms in total. The van der Waals surface area contributed by atoms with Crippen LogP contribution >= 0.6 is 0 Å². The lowest BCUT2D eigenvalue weighted by molar-refractivity contribution is -0.139. The van der Waals surface area contributed by atoms with E-state index < -0.39 is 5.97 Å². The number of unbranched alkanes of at least 4 members (excludes halogenated alkanes) is 1. The van der Waals surface area contributed by atoms with E-state index in [-0.39, 0.29) is 29.1 Å². The number of nitrogens with zero attached hydrogens (tertiary/aromatic N) is 2. The van der Waals surface area contributed by atoms with Gasteiger partial charge in [-0.2, -0.15) is 0 Å². The summed E-state index contributed by atoms with van der Waals surface area (Å²) >= 11 is 0. The van der Waals surface area contributed by atoms with Gasteiger partial charge in [0.2, 0.25) is 0 Å². The average Bonchev–Trinajstić information content (AvgIpc) is 3.35. The van der Waals surface area contributed by atoms with E-state index >= 15 is 0 Å². The number of hydrogen-bond acceptors (Lipinski definition) is 4. The Hall–Kier alpha value is -2.70. The molecule has 3 aliphatic rings. The minimum atomic E-state index is -0.741. The van der Waals surface area contributed by atoms with E-state index in [2.05, 4.69) is 0 Å². The van der Waals surface area contributed by atoms with Crippen molar-refractivity contribution in [2.45, 2.75) is 39.0 Å². The number of carboxylic acids is 1. The summed E-state index contributed by atoms with van der Waals surface area (Å²) in [6, 6.07) is 4.71. The number of piperidine rings is 1. The van der Waals surface area contributed by atoms with Gasteiger partial charge in [0.05, 0.1) is 17.0 Å². The number of carbonyl (C=O) groups is 4. The molecule has 4 rings (SSSR count). The Morgan fingerprint density at radius 3 is 2.43 bits per heavy atom. The summed E-state index contributed by atoms with van der Waals surface area (Å²) in [6.07, 6.45) is 3.74. The van der Waals surface area contributed by atoms with Crippen LogP contribution in [0.5, 0.6) is 0 Å². The van der Waals surface area contributed by atoms with E-state index in [9.17, 15) is 24.3 Å². The molecular formula is C21H24N2O5. The van der Waals surface area contributed by atoms with Gasteiger partial charge in [0.25, 0.3) is 17.7 Å². The first-order chi connectivity index (χ1) is 13.4. The summed E-state index contributed by atoms with van der Waals surface area (Å²) < 4.78 is 0. The minimum absolute atomic E-state index is 0.136. The molecule has 7 heteroatoms. The normalized spacial score (nSPS) is 22.5. The van der Waals surface area contributed by atoms with Crippen LogP contribution in [0, 0.1) is 11.3 Å². The van der Waals surface area contributed by atoms with Crippen LogP contribution in [0.2, 0.25) is 0 Å². The molecule has 28 heavy (non-hydrogen) atoms. The Morgan fingerprint density at radius 2 is 1.82 bits per heavy atom. The number of carboxylic acid groups (broad SMARTS) is 1. The van der Waals surface area contributed by atoms with E-state index in [1.165, 1.54) is 11.0 Å². The van der Waals surface area contributed by atoms with Gasteiger partial charge < -0.3 is 10.0 Å². The molecule has 2 heterocycles. The molecule has 1 unspecified atom stereocenters. The Labute approximate surface area is 163 Å². The summed E-state index contributed by atoms with van der Waals surface area (Å²) in [4.78, 5) is 52.1. The molecule has 0 aromatic heterocycles. The molecule has 0 radical (unpaired) electrons. The molecule has 1 aromatic carbocycles. The van der Waals surface area contributed by atoms with Gasteiger partial charge in [-0.3, -0.25) is 24.1 Å². The molecule has 0 bridgehead atoms. The third kappa shape index (κ3) is 2.89. The molecule has 1 aliphatic carbocycles. The zero-order valence-electron chi connectivity index (χ0n) is 15.9. The first-order valence-corrected chi connectivity index (χ1v) is 9.90. The lowest BCUT2D eigenvalue weighted by atomic mass is 9.90. The molecule has 1 N–H and O–H groups in total. The first kappa shape index (κ1) is 18.7. The second kappa shape index (κ2) is 6.72. The second-order valence-corrected chi connectivity index (χ2v) is 8.13. The maximum Gasteiger partial charge on any atom is 0.307 e. The molecule has 2 fully saturated rings. The van der Waals surface area contributed by atoms with E-state index in [1.807, 2.05) is 6.92 Å². The van der Waals surface area contributed by atoms with Crippen LogP contribution in [0.1, 0.15) is 70.1 Å². The lowest BCUT2D eigenvalue weighted by Gasteiger charge is -2.32. The molecule has 2 aliphatic heterocycles. The fourth-order valence-electron chi connectivity index (χ4n) is 4.53. The SMILES string of the molecule is CCCCN1C(=O)c2ccc(C(=O)N3CCC4(CC3)CC4C(=O)O)cc2C1=O. The number of benzene rings is 1. The standard InChI is InChI=1S/C21H24N2O5/c1-2-3-8-23-18(25)14-5-4-13(11-15(14)19(23)26)17(24)22-9-6-21(7-10-22)12-16(21)20(27)28/h4-5,11,16H,2-3,6-10,12H2,1H3,(H,27,28). The van der Waals surface area contributed by atoms with Gasteiger partial charge in [-0.15, -0.1) is 0 Å². The summed E-state index contributed by atoms with van der Waals surface area (Å²) in [5, 5.41) is 9.19. The predicted molar refractivity (Wildman–Crippen MR) is 100 cm³/mol.